The Morgan fingerprint density at radius 1 is 1.26 bits per heavy atom. The van der Waals surface area contributed by atoms with Crippen LogP contribution in [-0.4, -0.2) is 27.9 Å². The summed E-state index contributed by atoms with van der Waals surface area (Å²) in [4.78, 5) is 4.33. The number of aromatic nitrogens is 1. The Hall–Kier alpha value is -1.45. The van der Waals surface area contributed by atoms with Crippen LogP contribution in [0.1, 0.15) is 51.0 Å². The van der Waals surface area contributed by atoms with Crippen molar-refractivity contribution in [2.45, 2.75) is 51.6 Å². The maximum Gasteiger partial charge on any atom is 0.0577 e. The maximum atomic E-state index is 10.6. The highest BCUT2D eigenvalue weighted by molar-refractivity contribution is 5.73. The van der Waals surface area contributed by atoms with Crippen LogP contribution in [0.5, 0.6) is 0 Å². The van der Waals surface area contributed by atoms with Gasteiger partial charge in [-0.2, -0.15) is 0 Å². The fourth-order valence-corrected chi connectivity index (χ4v) is 7.28. The molecule has 144 valence electrons. The number of pyridine rings is 1. The first-order chi connectivity index (χ1) is 13.1. The number of aliphatic hydroxyl groups excluding tert-OH is 2. The number of fused-ring (bicyclic) bond motifs is 5. The van der Waals surface area contributed by atoms with Gasteiger partial charge in [0.05, 0.1) is 12.7 Å². The highest BCUT2D eigenvalue weighted by Gasteiger charge is 2.56. The average Bonchev–Trinajstić information content (AvgIpc) is 3.08. The Kier molecular flexibility index (Phi) is 4.29. The lowest BCUT2D eigenvalue weighted by atomic mass is 9.49. The second-order valence-electron chi connectivity index (χ2n) is 9.44. The Balaban J connectivity index is 1.51. The van der Waals surface area contributed by atoms with E-state index in [0.717, 1.165) is 38.0 Å². The third-order valence-electron chi connectivity index (χ3n) is 8.32. The molecule has 5 rings (SSSR count). The molecule has 0 amide bonds. The molecule has 1 heterocycles. The molecule has 2 fully saturated rings. The van der Waals surface area contributed by atoms with Crippen molar-refractivity contribution in [3.05, 3.63) is 47.8 Å². The van der Waals surface area contributed by atoms with Crippen LogP contribution in [0.2, 0.25) is 0 Å². The first-order valence-electron chi connectivity index (χ1n) is 10.7. The third kappa shape index (κ3) is 2.58. The summed E-state index contributed by atoms with van der Waals surface area (Å²) in [6.45, 7) is 2.62. The van der Waals surface area contributed by atoms with Crippen LogP contribution in [0.15, 0.2) is 42.3 Å². The molecule has 27 heavy (non-hydrogen) atoms. The van der Waals surface area contributed by atoms with Gasteiger partial charge in [0.2, 0.25) is 0 Å². The molecule has 0 aromatic carbocycles. The van der Waals surface area contributed by atoms with Gasteiger partial charge in [-0.1, -0.05) is 30.7 Å². The van der Waals surface area contributed by atoms with Gasteiger partial charge < -0.3 is 10.2 Å². The smallest absolute Gasteiger partial charge is 0.0577 e. The summed E-state index contributed by atoms with van der Waals surface area (Å²) in [6.07, 6.45) is 14.9. The Morgan fingerprint density at radius 2 is 2.15 bits per heavy atom. The van der Waals surface area contributed by atoms with E-state index in [1.165, 1.54) is 23.1 Å². The van der Waals surface area contributed by atoms with E-state index < -0.39 is 0 Å². The molecule has 1 aromatic rings. The molecule has 4 aliphatic carbocycles. The SMILES string of the molecule is C[C@H]1C=C2C[C@@H](O)CC[C@@H]2[C@H]2CC[C@]3(CO)C(c4cccnc4)=CC[C@H]3[C@@H]21. The number of nitrogens with zero attached hydrogens (tertiary/aromatic N) is 1. The minimum absolute atomic E-state index is 0.0992. The zero-order chi connectivity index (χ0) is 18.6. The number of allylic oxidation sites excluding steroid dienone is 2. The summed E-state index contributed by atoms with van der Waals surface area (Å²) in [5.41, 5.74) is 3.95. The first kappa shape index (κ1) is 17.6. The molecule has 2 N–H and O–H groups in total. The first-order valence-corrected chi connectivity index (χ1v) is 10.7. The third-order valence-corrected chi connectivity index (χ3v) is 8.32. The summed E-state index contributed by atoms with van der Waals surface area (Å²) >= 11 is 0. The number of hydrogen-bond acceptors (Lipinski definition) is 3. The molecular formula is C24H31NO2. The number of hydrogen-bond donors (Lipinski definition) is 2. The van der Waals surface area contributed by atoms with Crippen molar-refractivity contribution in [1.29, 1.82) is 0 Å². The van der Waals surface area contributed by atoms with E-state index in [9.17, 15) is 10.2 Å². The fraction of sp³-hybridized carbons (Fsp3) is 0.625. The summed E-state index contributed by atoms with van der Waals surface area (Å²) in [6, 6.07) is 4.15. The van der Waals surface area contributed by atoms with Crippen molar-refractivity contribution in [1.82, 2.24) is 4.98 Å². The lowest BCUT2D eigenvalue weighted by molar-refractivity contribution is -0.0328. The van der Waals surface area contributed by atoms with E-state index >= 15 is 0 Å². The molecule has 2 saturated carbocycles. The molecule has 4 aliphatic rings. The Labute approximate surface area is 162 Å². The molecule has 0 saturated heterocycles. The highest BCUT2D eigenvalue weighted by Crippen LogP contribution is 2.64. The van der Waals surface area contributed by atoms with Gasteiger partial charge in [0.1, 0.15) is 0 Å². The van der Waals surface area contributed by atoms with Crippen LogP contribution in [0.3, 0.4) is 0 Å². The summed E-state index contributed by atoms with van der Waals surface area (Å²) in [5.74, 6) is 3.08. The molecule has 0 aliphatic heterocycles. The van der Waals surface area contributed by atoms with Crippen LogP contribution in [-0.2, 0) is 0 Å². The van der Waals surface area contributed by atoms with Gasteiger partial charge in [0, 0.05) is 17.8 Å². The molecule has 0 unspecified atom stereocenters. The van der Waals surface area contributed by atoms with Crippen LogP contribution < -0.4 is 0 Å². The molecule has 0 bridgehead atoms. The lowest BCUT2D eigenvalue weighted by Crippen LogP contribution is -2.50. The van der Waals surface area contributed by atoms with Gasteiger partial charge >= 0.3 is 0 Å². The van der Waals surface area contributed by atoms with Crippen LogP contribution in [0.4, 0.5) is 0 Å². The van der Waals surface area contributed by atoms with Crippen molar-refractivity contribution in [2.24, 2.45) is 35.0 Å². The molecule has 1 aromatic heterocycles. The van der Waals surface area contributed by atoms with E-state index in [1.807, 2.05) is 18.5 Å². The maximum absolute atomic E-state index is 10.6. The fourth-order valence-electron chi connectivity index (χ4n) is 7.28. The summed E-state index contributed by atoms with van der Waals surface area (Å²) < 4.78 is 0. The monoisotopic (exact) mass is 365 g/mol. The largest absolute Gasteiger partial charge is 0.395 e. The minimum atomic E-state index is -0.137. The number of rotatable bonds is 2. The molecule has 3 heteroatoms. The van der Waals surface area contributed by atoms with Crippen molar-refractivity contribution < 1.29 is 10.2 Å². The van der Waals surface area contributed by atoms with Gasteiger partial charge in [-0.25, -0.2) is 0 Å². The Morgan fingerprint density at radius 3 is 2.93 bits per heavy atom. The van der Waals surface area contributed by atoms with E-state index in [2.05, 4.69) is 30.1 Å². The van der Waals surface area contributed by atoms with Gasteiger partial charge in [0.15, 0.2) is 0 Å². The zero-order valence-corrected chi connectivity index (χ0v) is 16.2. The average molecular weight is 366 g/mol. The summed E-state index contributed by atoms with van der Waals surface area (Å²) in [7, 11) is 0. The van der Waals surface area contributed by atoms with Crippen LogP contribution in [0.25, 0.3) is 5.57 Å². The zero-order valence-electron chi connectivity index (χ0n) is 16.2. The quantitative estimate of drug-likeness (QED) is 0.771. The normalized spacial score (nSPS) is 43.2. The molecule has 0 radical (unpaired) electrons. The van der Waals surface area contributed by atoms with Crippen LogP contribution in [0, 0.1) is 35.0 Å². The van der Waals surface area contributed by atoms with Gasteiger partial charge in [-0.05, 0) is 85.3 Å². The number of aliphatic hydroxyl groups is 2. The standard InChI is InChI=1S/C24H31NO2/c1-15-11-17-12-18(27)4-5-19(17)20-8-9-24(14-26)21(6-7-22(24)23(15)20)16-3-2-10-25-13-16/h2-3,6,10-11,13,15,18-20,22-23,26-27H,4-5,7-9,12,14H2,1H3/t15-,18-,19-,20+,22-,23+,24-/m0/s1. The van der Waals surface area contributed by atoms with Crippen molar-refractivity contribution >= 4 is 5.57 Å². The van der Waals surface area contributed by atoms with E-state index in [0.29, 0.717) is 23.7 Å². The van der Waals surface area contributed by atoms with Crippen LogP contribution >= 0.6 is 0 Å². The minimum Gasteiger partial charge on any atom is -0.395 e. The summed E-state index contributed by atoms with van der Waals surface area (Å²) in [5, 5.41) is 20.8. The van der Waals surface area contributed by atoms with Crippen molar-refractivity contribution in [3.63, 3.8) is 0 Å². The van der Waals surface area contributed by atoms with Crippen molar-refractivity contribution in [3.8, 4) is 0 Å². The predicted octanol–water partition coefficient (Wildman–Crippen LogP) is 4.23. The van der Waals surface area contributed by atoms with E-state index in [1.54, 1.807) is 0 Å². The Bertz CT molecular complexity index is 770. The van der Waals surface area contributed by atoms with Crippen molar-refractivity contribution in [2.75, 3.05) is 6.61 Å². The highest BCUT2D eigenvalue weighted by atomic mass is 16.3. The molecule has 7 atom stereocenters. The second kappa shape index (κ2) is 6.56. The van der Waals surface area contributed by atoms with E-state index in [-0.39, 0.29) is 18.1 Å². The predicted molar refractivity (Wildman–Crippen MR) is 107 cm³/mol. The lowest BCUT2D eigenvalue weighted by Gasteiger charge is -2.55. The second-order valence-corrected chi connectivity index (χ2v) is 9.44. The molecule has 3 nitrogen and oxygen atoms in total. The molecular weight excluding hydrogens is 334 g/mol. The van der Waals surface area contributed by atoms with Gasteiger partial charge in [-0.15, -0.1) is 0 Å². The van der Waals surface area contributed by atoms with Gasteiger partial charge in [-0.3, -0.25) is 4.98 Å². The topological polar surface area (TPSA) is 53.4 Å². The molecule has 0 spiro atoms. The van der Waals surface area contributed by atoms with E-state index in [4.69, 9.17) is 0 Å². The van der Waals surface area contributed by atoms with Gasteiger partial charge in [0.25, 0.3) is 0 Å².